The molecular formula is C28H27N5O3S. The number of amides is 2. The Balaban J connectivity index is 1.22. The summed E-state index contributed by atoms with van der Waals surface area (Å²) in [5.74, 6) is 0.342. The Morgan fingerprint density at radius 3 is 2.78 bits per heavy atom. The summed E-state index contributed by atoms with van der Waals surface area (Å²) >= 11 is 1.39. The maximum absolute atomic E-state index is 13.3. The minimum atomic E-state index is -0.203. The van der Waals surface area contributed by atoms with Crippen molar-refractivity contribution in [3.05, 3.63) is 78.0 Å². The Morgan fingerprint density at radius 1 is 1.19 bits per heavy atom. The number of para-hydroxylation sites is 2. The number of anilines is 1. The first-order valence-corrected chi connectivity index (χ1v) is 13.2. The number of carbonyl (C=O) groups is 2. The Hall–Kier alpha value is -3.82. The van der Waals surface area contributed by atoms with Crippen LogP contribution in [0.25, 0.3) is 21.5 Å². The summed E-state index contributed by atoms with van der Waals surface area (Å²) in [6.07, 6.45) is 5.97. The van der Waals surface area contributed by atoms with Crippen molar-refractivity contribution in [2.45, 2.75) is 31.9 Å². The van der Waals surface area contributed by atoms with Gasteiger partial charge in [0.25, 0.3) is 5.91 Å². The molecule has 2 amide bonds. The molecule has 1 aliphatic carbocycles. The Bertz CT molecular complexity index is 1500. The third-order valence-electron chi connectivity index (χ3n) is 7.55. The number of nitrogens with zero attached hydrogens (tertiary/aromatic N) is 4. The van der Waals surface area contributed by atoms with Crippen molar-refractivity contribution in [3.63, 3.8) is 0 Å². The molecule has 1 saturated carbocycles. The van der Waals surface area contributed by atoms with E-state index in [0.717, 1.165) is 53.8 Å². The highest BCUT2D eigenvalue weighted by Crippen LogP contribution is 2.55. The highest BCUT2D eigenvalue weighted by Gasteiger charge is 2.50. The molecule has 8 nitrogen and oxygen atoms in total. The molecule has 2 aliphatic rings. The van der Waals surface area contributed by atoms with Gasteiger partial charge < -0.3 is 14.6 Å². The van der Waals surface area contributed by atoms with Gasteiger partial charge in [-0.2, -0.15) is 0 Å². The van der Waals surface area contributed by atoms with Gasteiger partial charge in [-0.15, -0.1) is 11.3 Å². The van der Waals surface area contributed by atoms with Crippen molar-refractivity contribution in [3.8, 4) is 10.4 Å². The monoisotopic (exact) mass is 513 g/mol. The molecule has 4 aromatic rings. The largest absolute Gasteiger partial charge is 0.390 e. The fourth-order valence-electron chi connectivity index (χ4n) is 5.65. The van der Waals surface area contributed by atoms with E-state index in [-0.39, 0.29) is 29.9 Å². The lowest BCUT2D eigenvalue weighted by Crippen LogP contribution is -2.42. The van der Waals surface area contributed by atoms with Gasteiger partial charge in [0.05, 0.1) is 28.2 Å². The minimum Gasteiger partial charge on any atom is -0.390 e. The average Bonchev–Trinajstić information content (AvgIpc) is 3.64. The summed E-state index contributed by atoms with van der Waals surface area (Å²) < 4.78 is 2.16. The van der Waals surface area contributed by atoms with Crippen molar-refractivity contribution < 1.29 is 14.7 Å². The van der Waals surface area contributed by atoms with Crippen LogP contribution < -0.4 is 5.32 Å². The zero-order valence-electron chi connectivity index (χ0n) is 20.3. The van der Waals surface area contributed by atoms with Crippen molar-refractivity contribution in [2.24, 2.45) is 5.41 Å². The van der Waals surface area contributed by atoms with Gasteiger partial charge in [0, 0.05) is 35.8 Å². The molecule has 6 rings (SSSR count). The van der Waals surface area contributed by atoms with Crippen LogP contribution in [0, 0.1) is 5.41 Å². The van der Waals surface area contributed by atoms with E-state index in [1.54, 1.807) is 12.3 Å². The molecule has 0 atom stereocenters. The number of nitrogens with one attached hydrogen (secondary N) is 1. The number of benzene rings is 1. The molecule has 9 heteroatoms. The molecule has 37 heavy (non-hydrogen) atoms. The highest BCUT2D eigenvalue weighted by atomic mass is 32.1. The average molecular weight is 514 g/mol. The van der Waals surface area contributed by atoms with Crippen molar-refractivity contribution >= 4 is 40.1 Å². The van der Waals surface area contributed by atoms with Gasteiger partial charge in [0.15, 0.2) is 0 Å². The summed E-state index contributed by atoms with van der Waals surface area (Å²) in [6, 6.07) is 15.5. The van der Waals surface area contributed by atoms with E-state index >= 15 is 0 Å². The fraction of sp³-hybridized carbons (Fsp3) is 0.286. The van der Waals surface area contributed by atoms with E-state index in [9.17, 15) is 14.7 Å². The molecule has 0 unspecified atom stereocenters. The van der Waals surface area contributed by atoms with Gasteiger partial charge in [0.1, 0.15) is 0 Å². The van der Waals surface area contributed by atoms with Crippen LogP contribution in [0.1, 0.15) is 40.7 Å². The summed E-state index contributed by atoms with van der Waals surface area (Å²) in [7, 11) is 0. The molecule has 2 N–H and O–H groups in total. The first-order valence-electron chi connectivity index (χ1n) is 12.3. The smallest absolute Gasteiger partial charge is 0.268 e. The quantitative estimate of drug-likeness (QED) is 0.366. The summed E-state index contributed by atoms with van der Waals surface area (Å²) in [6.45, 7) is 5.04. The number of aliphatic hydroxyl groups is 1. The topological polar surface area (TPSA) is 100 Å². The maximum atomic E-state index is 13.3. The summed E-state index contributed by atoms with van der Waals surface area (Å²) in [4.78, 5) is 37.7. The van der Waals surface area contributed by atoms with Gasteiger partial charge in [-0.05, 0) is 61.1 Å². The van der Waals surface area contributed by atoms with Gasteiger partial charge in [0.2, 0.25) is 11.9 Å². The third kappa shape index (κ3) is 4.24. The zero-order chi connectivity index (χ0) is 25.6. The molecule has 0 radical (unpaired) electrons. The van der Waals surface area contributed by atoms with E-state index in [1.165, 1.54) is 17.4 Å². The minimum absolute atomic E-state index is 0.00297. The Morgan fingerprint density at radius 2 is 2.03 bits per heavy atom. The van der Waals surface area contributed by atoms with E-state index in [1.807, 2.05) is 47.4 Å². The normalized spacial score (nSPS) is 20.8. The molecule has 188 valence electrons. The number of likely N-dealkylation sites (tertiary alicyclic amines) is 1. The molecule has 3 aromatic heterocycles. The number of aromatic nitrogens is 3. The van der Waals surface area contributed by atoms with Crippen LogP contribution in [-0.2, 0) is 11.4 Å². The summed E-state index contributed by atoms with van der Waals surface area (Å²) in [5, 5.41) is 12.3. The molecule has 1 spiro atoms. The second-order valence-electron chi connectivity index (χ2n) is 9.88. The Kier molecular flexibility index (Phi) is 5.89. The predicted molar refractivity (Wildman–Crippen MR) is 143 cm³/mol. The van der Waals surface area contributed by atoms with E-state index in [0.29, 0.717) is 16.5 Å². The van der Waals surface area contributed by atoms with Crippen LogP contribution >= 0.6 is 11.3 Å². The van der Waals surface area contributed by atoms with Crippen molar-refractivity contribution in [2.75, 3.05) is 18.4 Å². The van der Waals surface area contributed by atoms with Crippen molar-refractivity contribution in [1.82, 2.24) is 19.4 Å². The predicted octanol–water partition coefficient (Wildman–Crippen LogP) is 4.64. The first-order chi connectivity index (χ1) is 18.0. The number of imidazole rings is 1. The van der Waals surface area contributed by atoms with Crippen LogP contribution in [0.3, 0.4) is 0 Å². The van der Waals surface area contributed by atoms with Crippen LogP contribution in [0.15, 0.2) is 67.4 Å². The second kappa shape index (κ2) is 9.24. The van der Waals surface area contributed by atoms with Gasteiger partial charge in [-0.25, -0.2) is 4.98 Å². The van der Waals surface area contributed by atoms with Gasteiger partial charge in [-0.1, -0.05) is 24.8 Å². The lowest BCUT2D eigenvalue weighted by atomic mass is 9.65. The van der Waals surface area contributed by atoms with Crippen LogP contribution in [0.5, 0.6) is 0 Å². The first kappa shape index (κ1) is 23.6. The molecule has 0 bridgehead atoms. The number of pyridine rings is 1. The molecule has 1 aromatic carbocycles. The molecule has 1 saturated heterocycles. The number of aliphatic hydroxyl groups excluding tert-OH is 1. The highest BCUT2D eigenvalue weighted by molar-refractivity contribution is 7.17. The van der Waals surface area contributed by atoms with E-state index < -0.39 is 0 Å². The fourth-order valence-corrected chi connectivity index (χ4v) is 6.54. The SMILES string of the molecule is C=CC(=O)N1CCC2(CC(n3c(NC(=O)c4ccc(-c5ccc(CO)nc5)s4)nc4ccccc43)C2)C1. The number of hydrogen-bond acceptors (Lipinski definition) is 6. The third-order valence-corrected chi connectivity index (χ3v) is 8.68. The molecule has 4 heterocycles. The number of fused-ring (bicyclic) bond motifs is 1. The van der Waals surface area contributed by atoms with E-state index in [2.05, 4.69) is 21.4 Å². The lowest BCUT2D eigenvalue weighted by molar-refractivity contribution is -0.125. The number of hydrogen-bond donors (Lipinski definition) is 2. The maximum Gasteiger partial charge on any atom is 0.268 e. The van der Waals surface area contributed by atoms with Crippen LogP contribution in [-0.4, -0.2) is 49.4 Å². The van der Waals surface area contributed by atoms with Crippen LogP contribution in [0.2, 0.25) is 0 Å². The second-order valence-corrected chi connectivity index (χ2v) is 11.0. The number of thiophene rings is 1. The molecular weight excluding hydrogens is 486 g/mol. The number of rotatable bonds is 6. The van der Waals surface area contributed by atoms with Gasteiger partial charge >= 0.3 is 0 Å². The number of carbonyl (C=O) groups excluding carboxylic acids is 2. The van der Waals surface area contributed by atoms with E-state index in [4.69, 9.17) is 4.98 Å². The lowest BCUT2D eigenvalue weighted by Gasteiger charge is -2.46. The zero-order valence-corrected chi connectivity index (χ0v) is 21.1. The Labute approximate surface area is 218 Å². The van der Waals surface area contributed by atoms with Crippen molar-refractivity contribution in [1.29, 1.82) is 0 Å². The van der Waals surface area contributed by atoms with Gasteiger partial charge in [-0.3, -0.25) is 19.9 Å². The molecule has 2 fully saturated rings. The standard InChI is InChI=1S/C28H27N5O3S/c1-2-25(35)32-12-11-28(17-32)13-20(14-28)33-22-6-4-3-5-21(22)30-27(33)31-26(36)24-10-9-23(37-24)18-7-8-19(16-34)29-15-18/h2-10,15,20,34H,1,11-14,16-17H2,(H,30,31,36). The molecule has 1 aliphatic heterocycles. The van der Waals surface area contributed by atoms with Crippen LogP contribution in [0.4, 0.5) is 5.95 Å². The summed E-state index contributed by atoms with van der Waals surface area (Å²) in [5.41, 5.74) is 3.46.